The number of halogens is 2. The van der Waals surface area contributed by atoms with E-state index in [-0.39, 0.29) is 18.1 Å². The van der Waals surface area contributed by atoms with Gasteiger partial charge in [-0.1, -0.05) is 23.2 Å². The molecule has 0 spiro atoms. The van der Waals surface area contributed by atoms with Gasteiger partial charge < -0.3 is 9.64 Å². The third-order valence-electron chi connectivity index (χ3n) is 3.77. The number of rotatable bonds is 2. The molecule has 3 rings (SSSR count). The molecule has 0 fully saturated rings. The van der Waals surface area contributed by atoms with Gasteiger partial charge in [0.2, 0.25) is 0 Å². The van der Waals surface area contributed by atoms with Crippen LogP contribution in [0, 0.1) is 0 Å². The van der Waals surface area contributed by atoms with Gasteiger partial charge in [-0.05, 0) is 30.3 Å². The molecule has 0 bridgehead atoms. The molecule has 1 aliphatic heterocycles. The predicted molar refractivity (Wildman–Crippen MR) is 90.1 cm³/mol. The summed E-state index contributed by atoms with van der Waals surface area (Å²) < 4.78 is 5.20. The lowest BCUT2D eigenvalue weighted by Crippen LogP contribution is -2.37. The number of carbonyl (C=O) groups excluding carboxylic acids is 2. The summed E-state index contributed by atoms with van der Waals surface area (Å²) in [5.74, 6) is 0.372. The van der Waals surface area contributed by atoms with Gasteiger partial charge >= 0.3 is 0 Å². The highest BCUT2D eigenvalue weighted by Gasteiger charge is 2.28. The van der Waals surface area contributed by atoms with E-state index in [9.17, 15) is 9.59 Å². The van der Waals surface area contributed by atoms with Crippen molar-refractivity contribution in [2.24, 2.45) is 0 Å². The zero-order chi connectivity index (χ0) is 16.6. The Balaban J connectivity index is 2.03. The maximum Gasteiger partial charge on any atom is 0.258 e. The minimum atomic E-state index is -0.231. The fraction of sp³-hybridized carbons (Fsp3) is 0.176. The van der Waals surface area contributed by atoms with E-state index in [2.05, 4.69) is 0 Å². The molecule has 0 aromatic heterocycles. The Morgan fingerprint density at radius 1 is 1.13 bits per heavy atom. The van der Waals surface area contributed by atoms with Crippen LogP contribution in [0.4, 0.5) is 5.69 Å². The van der Waals surface area contributed by atoms with Crippen LogP contribution in [-0.2, 0) is 0 Å². The summed E-state index contributed by atoms with van der Waals surface area (Å²) in [5, 5.41) is 0.704. The molecular weight excluding hydrogens is 337 g/mol. The van der Waals surface area contributed by atoms with Gasteiger partial charge in [0.1, 0.15) is 5.75 Å². The van der Waals surface area contributed by atoms with Crippen molar-refractivity contribution in [3.8, 4) is 5.75 Å². The average Bonchev–Trinajstić information content (AvgIpc) is 2.56. The summed E-state index contributed by atoms with van der Waals surface area (Å²) in [6.45, 7) is 0.318. The van der Waals surface area contributed by atoms with Crippen LogP contribution in [0.3, 0.4) is 0 Å². The molecule has 0 saturated carbocycles. The first kappa shape index (κ1) is 15.8. The van der Waals surface area contributed by atoms with Crippen molar-refractivity contribution in [3.63, 3.8) is 0 Å². The van der Waals surface area contributed by atoms with E-state index in [1.54, 1.807) is 35.2 Å². The number of hydrogen-bond acceptors (Lipinski definition) is 3. The average molecular weight is 350 g/mol. The summed E-state index contributed by atoms with van der Waals surface area (Å²) in [6.07, 6.45) is 0.284. The normalized spacial score (nSPS) is 13.7. The second-order valence-electron chi connectivity index (χ2n) is 5.14. The molecule has 6 heteroatoms. The quantitative estimate of drug-likeness (QED) is 0.814. The lowest BCUT2D eigenvalue weighted by molar-refractivity contribution is 0.0955. The van der Waals surface area contributed by atoms with Crippen molar-refractivity contribution in [1.29, 1.82) is 0 Å². The molecule has 0 aliphatic carbocycles. The van der Waals surface area contributed by atoms with Gasteiger partial charge in [-0.2, -0.15) is 0 Å². The van der Waals surface area contributed by atoms with Gasteiger partial charge in [-0.25, -0.2) is 0 Å². The molecule has 0 saturated heterocycles. The highest BCUT2D eigenvalue weighted by atomic mass is 35.5. The van der Waals surface area contributed by atoms with Crippen LogP contribution in [-0.4, -0.2) is 25.3 Å². The van der Waals surface area contributed by atoms with E-state index < -0.39 is 0 Å². The fourth-order valence-electron chi connectivity index (χ4n) is 2.56. The van der Waals surface area contributed by atoms with Crippen LogP contribution >= 0.6 is 23.2 Å². The minimum absolute atomic E-state index is 0.0147. The van der Waals surface area contributed by atoms with Gasteiger partial charge in [-0.15, -0.1) is 0 Å². The largest absolute Gasteiger partial charge is 0.497 e. The van der Waals surface area contributed by atoms with Crippen molar-refractivity contribution < 1.29 is 14.3 Å². The Morgan fingerprint density at radius 2 is 1.91 bits per heavy atom. The van der Waals surface area contributed by atoms with E-state index in [0.29, 0.717) is 39.2 Å². The number of Topliss-reactive ketones (excluding diaryl/α,β-unsaturated/α-hetero) is 1. The Labute approximate surface area is 143 Å². The summed E-state index contributed by atoms with van der Waals surface area (Å²) in [6, 6.07) is 9.82. The van der Waals surface area contributed by atoms with Crippen molar-refractivity contribution in [2.45, 2.75) is 6.42 Å². The van der Waals surface area contributed by atoms with Gasteiger partial charge in [0.05, 0.1) is 22.8 Å². The maximum absolute atomic E-state index is 12.8. The van der Waals surface area contributed by atoms with Crippen molar-refractivity contribution >= 4 is 40.6 Å². The number of fused-ring (bicyclic) bond motifs is 1. The molecule has 2 aromatic rings. The third-order valence-corrected chi connectivity index (χ3v) is 4.51. The molecular formula is C17H13Cl2NO3. The fourth-order valence-corrected chi connectivity index (χ4v) is 2.86. The molecule has 4 nitrogen and oxygen atoms in total. The lowest BCUT2D eigenvalue weighted by Gasteiger charge is -2.29. The highest BCUT2D eigenvalue weighted by molar-refractivity contribution is 6.42. The molecule has 0 atom stereocenters. The Bertz CT molecular complexity index is 804. The molecule has 0 unspecified atom stereocenters. The molecule has 118 valence electrons. The van der Waals surface area contributed by atoms with Gasteiger partial charge in [0.25, 0.3) is 5.91 Å². The minimum Gasteiger partial charge on any atom is -0.497 e. The van der Waals surface area contributed by atoms with E-state index in [1.165, 1.54) is 13.2 Å². The van der Waals surface area contributed by atoms with Crippen LogP contribution in [0.1, 0.15) is 27.1 Å². The SMILES string of the molecule is COc1ccc2c(c1)N(C(=O)c1ccc(Cl)c(Cl)c1)CCC2=O. The summed E-state index contributed by atoms with van der Waals surface area (Å²) in [5.41, 5.74) is 1.49. The van der Waals surface area contributed by atoms with Crippen LogP contribution < -0.4 is 9.64 Å². The molecule has 23 heavy (non-hydrogen) atoms. The second-order valence-corrected chi connectivity index (χ2v) is 5.96. The van der Waals surface area contributed by atoms with E-state index in [4.69, 9.17) is 27.9 Å². The molecule has 2 aromatic carbocycles. The molecule has 0 N–H and O–H groups in total. The topological polar surface area (TPSA) is 46.6 Å². The number of anilines is 1. The number of amides is 1. The maximum atomic E-state index is 12.8. The highest BCUT2D eigenvalue weighted by Crippen LogP contribution is 2.32. The van der Waals surface area contributed by atoms with Crippen LogP contribution in [0.25, 0.3) is 0 Å². The summed E-state index contributed by atoms with van der Waals surface area (Å²) in [4.78, 5) is 26.4. The Morgan fingerprint density at radius 3 is 2.61 bits per heavy atom. The zero-order valence-electron chi connectivity index (χ0n) is 12.3. The van der Waals surface area contributed by atoms with Crippen LogP contribution in [0.15, 0.2) is 36.4 Å². The summed E-state index contributed by atoms with van der Waals surface area (Å²) >= 11 is 11.9. The number of nitrogens with zero attached hydrogens (tertiary/aromatic N) is 1. The van der Waals surface area contributed by atoms with Crippen molar-refractivity contribution in [1.82, 2.24) is 0 Å². The molecule has 1 amide bonds. The van der Waals surface area contributed by atoms with Gasteiger partial charge in [0.15, 0.2) is 5.78 Å². The van der Waals surface area contributed by atoms with Gasteiger partial charge in [-0.3, -0.25) is 9.59 Å². The van der Waals surface area contributed by atoms with E-state index >= 15 is 0 Å². The Hall–Kier alpha value is -2.04. The number of benzene rings is 2. The first-order valence-corrected chi connectivity index (χ1v) is 7.75. The van der Waals surface area contributed by atoms with Gasteiger partial charge in [0, 0.05) is 30.2 Å². The number of hydrogen-bond donors (Lipinski definition) is 0. The number of carbonyl (C=O) groups is 2. The monoisotopic (exact) mass is 349 g/mol. The molecule has 1 aliphatic rings. The zero-order valence-corrected chi connectivity index (χ0v) is 13.8. The third kappa shape index (κ3) is 2.92. The van der Waals surface area contributed by atoms with Crippen molar-refractivity contribution in [2.75, 3.05) is 18.6 Å². The Kier molecular flexibility index (Phi) is 4.28. The number of methoxy groups -OCH3 is 1. The van der Waals surface area contributed by atoms with E-state index in [1.807, 2.05) is 0 Å². The van der Waals surface area contributed by atoms with Crippen molar-refractivity contribution in [3.05, 3.63) is 57.6 Å². The predicted octanol–water partition coefficient (Wildman–Crippen LogP) is 4.24. The van der Waals surface area contributed by atoms with Crippen LogP contribution in [0.5, 0.6) is 5.75 Å². The first-order chi connectivity index (χ1) is 11.0. The second kappa shape index (κ2) is 6.22. The molecule has 0 radical (unpaired) electrons. The van der Waals surface area contributed by atoms with E-state index in [0.717, 1.165) is 0 Å². The smallest absolute Gasteiger partial charge is 0.258 e. The molecule has 1 heterocycles. The lowest BCUT2D eigenvalue weighted by atomic mass is 9.99. The summed E-state index contributed by atoms with van der Waals surface area (Å²) in [7, 11) is 1.54. The first-order valence-electron chi connectivity index (χ1n) is 6.99. The number of ether oxygens (including phenoxy) is 1. The number of ketones is 1. The standard InChI is InChI=1S/C17H13Cl2NO3/c1-23-11-3-4-12-15(9-11)20(7-6-16(12)21)17(22)10-2-5-13(18)14(19)8-10/h2-5,8-9H,6-7H2,1H3. The van der Waals surface area contributed by atoms with Crippen LogP contribution in [0.2, 0.25) is 10.0 Å².